The molecule has 0 aromatic heterocycles. The van der Waals surface area contributed by atoms with E-state index in [2.05, 4.69) is 0 Å². The Hall–Kier alpha value is -0.910. The molecule has 0 atom stereocenters. The van der Waals surface area contributed by atoms with Gasteiger partial charge in [-0.2, -0.15) is 8.42 Å². The molecule has 0 radical (unpaired) electrons. The molecule has 2 fully saturated rings. The van der Waals surface area contributed by atoms with Crippen LogP contribution in [-0.2, 0) is 14.3 Å². The maximum Gasteiger partial charge on any atom is 0.297 e. The van der Waals surface area contributed by atoms with E-state index in [1.807, 2.05) is 19.1 Å². The van der Waals surface area contributed by atoms with Gasteiger partial charge in [0.05, 0.1) is 17.1 Å². The summed E-state index contributed by atoms with van der Waals surface area (Å²) in [6.07, 6.45) is 7.63. The van der Waals surface area contributed by atoms with Crippen molar-refractivity contribution in [1.29, 1.82) is 0 Å². The zero-order valence-corrected chi connectivity index (χ0v) is 15.2. The highest BCUT2D eigenvalue weighted by molar-refractivity contribution is 7.86. The summed E-state index contributed by atoms with van der Waals surface area (Å²) in [5, 5.41) is 9.73. The lowest BCUT2D eigenvalue weighted by atomic mass is 9.82. The second-order valence-corrected chi connectivity index (χ2v) is 8.90. The average molecular weight is 352 g/mol. The van der Waals surface area contributed by atoms with E-state index in [1.54, 1.807) is 6.07 Å². The lowest BCUT2D eigenvalue weighted by Gasteiger charge is -2.28. The Morgan fingerprint density at radius 2 is 1.67 bits per heavy atom. The molecule has 1 aromatic rings. The molecule has 24 heavy (non-hydrogen) atoms. The first kappa shape index (κ1) is 17.9. The molecule has 0 bridgehead atoms. The molecule has 5 heteroatoms. The standard InChI is InChI=1S/C19H28O4S/c1-14-7-12-19(18(13-14)15-8-10-16(20)11-9-15)24(21,22)23-17-5-3-2-4-6-17/h7,12-13,15-17,20H,2-6,8-11H2,1H3. The van der Waals surface area contributed by atoms with Crippen LogP contribution in [0.2, 0.25) is 0 Å². The van der Waals surface area contributed by atoms with Crippen molar-refractivity contribution in [3.63, 3.8) is 0 Å². The summed E-state index contributed by atoms with van der Waals surface area (Å²) in [6.45, 7) is 1.99. The third kappa shape index (κ3) is 4.19. The molecule has 4 nitrogen and oxygen atoms in total. The molecule has 1 N–H and O–H groups in total. The maximum atomic E-state index is 12.9. The van der Waals surface area contributed by atoms with Gasteiger partial charge >= 0.3 is 0 Å². The van der Waals surface area contributed by atoms with Gasteiger partial charge in [-0.1, -0.05) is 37.0 Å². The van der Waals surface area contributed by atoms with Crippen LogP contribution in [0.1, 0.15) is 74.8 Å². The summed E-state index contributed by atoms with van der Waals surface area (Å²) in [5.74, 6) is 0.188. The third-order valence-corrected chi connectivity index (χ3v) is 6.82. The summed E-state index contributed by atoms with van der Waals surface area (Å²) >= 11 is 0. The molecule has 0 aliphatic heterocycles. The van der Waals surface area contributed by atoms with E-state index >= 15 is 0 Å². The Bertz CT molecular complexity index is 654. The largest absolute Gasteiger partial charge is 0.393 e. The molecule has 0 unspecified atom stereocenters. The molecule has 0 saturated heterocycles. The topological polar surface area (TPSA) is 63.6 Å². The summed E-state index contributed by atoms with van der Waals surface area (Å²) in [6, 6.07) is 5.53. The third-order valence-electron chi connectivity index (χ3n) is 5.39. The highest BCUT2D eigenvalue weighted by Gasteiger charge is 2.30. The van der Waals surface area contributed by atoms with E-state index in [4.69, 9.17) is 4.18 Å². The van der Waals surface area contributed by atoms with Crippen LogP contribution in [0.5, 0.6) is 0 Å². The molecule has 1 aromatic carbocycles. The minimum atomic E-state index is -3.73. The fraction of sp³-hybridized carbons (Fsp3) is 0.684. The minimum Gasteiger partial charge on any atom is -0.393 e. The molecule has 0 amide bonds. The van der Waals surface area contributed by atoms with Crippen LogP contribution in [0.3, 0.4) is 0 Å². The van der Waals surface area contributed by atoms with Gasteiger partial charge in [-0.15, -0.1) is 0 Å². The number of benzene rings is 1. The summed E-state index contributed by atoms with van der Waals surface area (Å²) in [7, 11) is -3.73. The molecular formula is C19H28O4S. The highest BCUT2D eigenvalue weighted by Crippen LogP contribution is 2.37. The monoisotopic (exact) mass is 352 g/mol. The lowest BCUT2D eigenvalue weighted by molar-refractivity contribution is 0.122. The summed E-state index contributed by atoms with van der Waals surface area (Å²) < 4.78 is 31.3. The van der Waals surface area contributed by atoms with Gasteiger partial charge in [-0.25, -0.2) is 0 Å². The molecule has 134 valence electrons. The Morgan fingerprint density at radius 1 is 1.00 bits per heavy atom. The van der Waals surface area contributed by atoms with Crippen molar-refractivity contribution in [2.45, 2.75) is 87.7 Å². The SMILES string of the molecule is Cc1ccc(S(=O)(=O)OC2CCCCC2)c(C2CCC(O)CC2)c1. The number of hydrogen-bond acceptors (Lipinski definition) is 4. The molecule has 3 rings (SSSR count). The minimum absolute atomic E-state index is 0.175. The molecule has 2 saturated carbocycles. The van der Waals surface area contributed by atoms with Crippen LogP contribution in [0.4, 0.5) is 0 Å². The van der Waals surface area contributed by atoms with Crippen molar-refractivity contribution in [3.8, 4) is 0 Å². The van der Waals surface area contributed by atoms with E-state index in [9.17, 15) is 13.5 Å². The van der Waals surface area contributed by atoms with Crippen LogP contribution < -0.4 is 0 Å². The van der Waals surface area contributed by atoms with Crippen LogP contribution in [-0.4, -0.2) is 25.7 Å². The molecule has 2 aliphatic rings. The van der Waals surface area contributed by atoms with Gasteiger partial charge in [0.1, 0.15) is 0 Å². The quantitative estimate of drug-likeness (QED) is 0.830. The Balaban J connectivity index is 1.86. The van der Waals surface area contributed by atoms with Crippen LogP contribution >= 0.6 is 0 Å². The lowest BCUT2D eigenvalue weighted by Crippen LogP contribution is -2.23. The number of aryl methyl sites for hydroxylation is 1. The van der Waals surface area contributed by atoms with Crippen LogP contribution in [0.25, 0.3) is 0 Å². The summed E-state index contributed by atoms with van der Waals surface area (Å²) in [5.41, 5.74) is 1.94. The zero-order chi connectivity index (χ0) is 17.2. The maximum absolute atomic E-state index is 12.9. The van der Waals surface area contributed by atoms with Crippen LogP contribution in [0, 0.1) is 6.92 Å². The van der Waals surface area contributed by atoms with Crippen molar-refractivity contribution in [1.82, 2.24) is 0 Å². The zero-order valence-electron chi connectivity index (χ0n) is 14.4. The van der Waals surface area contributed by atoms with Crippen molar-refractivity contribution >= 4 is 10.1 Å². The van der Waals surface area contributed by atoms with Gasteiger partial charge in [0, 0.05) is 0 Å². The first-order valence-electron chi connectivity index (χ1n) is 9.17. The Morgan fingerprint density at radius 3 is 2.33 bits per heavy atom. The normalized spacial score (nSPS) is 26.4. The number of rotatable bonds is 4. The summed E-state index contributed by atoms with van der Waals surface area (Å²) in [4.78, 5) is 0.333. The van der Waals surface area contributed by atoms with E-state index in [0.717, 1.165) is 62.5 Å². The predicted octanol–water partition coefficient (Wildman–Crippen LogP) is 4.05. The number of aliphatic hydroxyl groups excluding tert-OH is 1. The molecular weight excluding hydrogens is 324 g/mol. The van der Waals surface area contributed by atoms with Crippen molar-refractivity contribution in [3.05, 3.63) is 29.3 Å². The Kier molecular flexibility index (Phi) is 5.63. The van der Waals surface area contributed by atoms with Gasteiger partial charge in [0.2, 0.25) is 0 Å². The fourth-order valence-electron chi connectivity index (χ4n) is 3.99. The van der Waals surface area contributed by atoms with Crippen molar-refractivity contribution < 1.29 is 17.7 Å². The van der Waals surface area contributed by atoms with Gasteiger partial charge < -0.3 is 5.11 Å². The van der Waals surface area contributed by atoms with Gasteiger partial charge in [0.25, 0.3) is 10.1 Å². The van der Waals surface area contributed by atoms with Crippen molar-refractivity contribution in [2.75, 3.05) is 0 Å². The van der Waals surface area contributed by atoms with Gasteiger partial charge in [-0.3, -0.25) is 4.18 Å². The van der Waals surface area contributed by atoms with E-state index in [1.165, 1.54) is 6.42 Å². The smallest absolute Gasteiger partial charge is 0.297 e. The van der Waals surface area contributed by atoms with E-state index < -0.39 is 10.1 Å². The first-order valence-corrected chi connectivity index (χ1v) is 10.6. The average Bonchev–Trinajstić information content (AvgIpc) is 2.56. The van der Waals surface area contributed by atoms with Gasteiger partial charge in [-0.05, 0) is 63.0 Å². The van der Waals surface area contributed by atoms with E-state index in [-0.39, 0.29) is 18.1 Å². The van der Waals surface area contributed by atoms with Crippen molar-refractivity contribution in [2.24, 2.45) is 0 Å². The van der Waals surface area contributed by atoms with E-state index in [0.29, 0.717) is 4.90 Å². The predicted molar refractivity (Wildman–Crippen MR) is 93.5 cm³/mol. The van der Waals surface area contributed by atoms with Crippen LogP contribution in [0.15, 0.2) is 23.1 Å². The molecule has 0 spiro atoms. The van der Waals surface area contributed by atoms with Gasteiger partial charge in [0.15, 0.2) is 0 Å². The fourth-order valence-corrected chi connectivity index (χ4v) is 5.40. The number of aliphatic hydroxyl groups is 1. The second-order valence-electron chi connectivity index (χ2n) is 7.36. The number of hydrogen-bond donors (Lipinski definition) is 1. The molecule has 2 aliphatic carbocycles. The Labute approximate surface area is 145 Å². The first-order chi connectivity index (χ1) is 11.5. The second kappa shape index (κ2) is 7.54. The highest BCUT2D eigenvalue weighted by atomic mass is 32.2. The molecule has 0 heterocycles.